The molecule has 0 unspecified atom stereocenters. The fourth-order valence-electron chi connectivity index (χ4n) is 2.84. The highest BCUT2D eigenvalue weighted by Gasteiger charge is 2.12. The van der Waals surface area contributed by atoms with E-state index in [9.17, 15) is 4.79 Å². The van der Waals surface area contributed by atoms with Crippen LogP contribution in [0.15, 0.2) is 53.3 Å². The van der Waals surface area contributed by atoms with Gasteiger partial charge in [0.2, 0.25) is 0 Å². The summed E-state index contributed by atoms with van der Waals surface area (Å²) in [4.78, 5) is 17.0. The molecule has 3 heterocycles. The molecule has 6 heteroatoms. The van der Waals surface area contributed by atoms with Crippen molar-refractivity contribution < 1.29 is 9.21 Å². The molecule has 1 aromatic carbocycles. The monoisotopic (exact) mass is 332 g/mol. The quantitative estimate of drug-likeness (QED) is 0.592. The summed E-state index contributed by atoms with van der Waals surface area (Å²) < 4.78 is 5.03. The van der Waals surface area contributed by atoms with Gasteiger partial charge in [0.25, 0.3) is 5.91 Å². The first kappa shape index (κ1) is 15.1. The lowest BCUT2D eigenvalue weighted by Crippen LogP contribution is -2.12. The third-order valence-electron chi connectivity index (χ3n) is 4.04. The number of aromatic nitrogens is 3. The molecule has 2 N–H and O–H groups in total. The van der Waals surface area contributed by atoms with Gasteiger partial charge in [-0.05, 0) is 55.8 Å². The molecule has 4 aromatic rings. The van der Waals surface area contributed by atoms with E-state index in [0.29, 0.717) is 17.1 Å². The molecule has 0 saturated carbocycles. The largest absolute Gasteiger partial charge is 0.472 e. The van der Waals surface area contributed by atoms with Gasteiger partial charge in [-0.3, -0.25) is 14.9 Å². The number of carbonyl (C=O) groups excluding carboxylic acids is 1. The first-order valence-electron chi connectivity index (χ1n) is 7.87. The van der Waals surface area contributed by atoms with Gasteiger partial charge in [0.15, 0.2) is 0 Å². The maximum Gasteiger partial charge on any atom is 0.273 e. The number of nitrogens with zero attached hydrogens (tertiary/aromatic N) is 2. The van der Waals surface area contributed by atoms with Gasteiger partial charge in [0.05, 0.1) is 23.7 Å². The summed E-state index contributed by atoms with van der Waals surface area (Å²) in [5.41, 5.74) is 5.60. The zero-order valence-electron chi connectivity index (χ0n) is 13.8. The molecule has 1 amide bonds. The van der Waals surface area contributed by atoms with Gasteiger partial charge in [0, 0.05) is 22.3 Å². The Morgan fingerprint density at radius 1 is 1.16 bits per heavy atom. The number of amides is 1. The summed E-state index contributed by atoms with van der Waals surface area (Å²) in [6.45, 7) is 4.01. The van der Waals surface area contributed by atoms with Crippen LogP contribution in [0.2, 0.25) is 0 Å². The van der Waals surface area contributed by atoms with Gasteiger partial charge < -0.3 is 9.73 Å². The molecule has 0 radical (unpaired) electrons. The molecular formula is C19H16N4O2. The Labute approximate surface area is 143 Å². The van der Waals surface area contributed by atoms with Gasteiger partial charge in [-0.1, -0.05) is 0 Å². The first-order valence-corrected chi connectivity index (χ1v) is 7.87. The molecule has 0 bridgehead atoms. The normalized spacial score (nSPS) is 11.0. The summed E-state index contributed by atoms with van der Waals surface area (Å²) in [5.74, 6) is -0.251. The highest BCUT2D eigenvalue weighted by molar-refractivity contribution is 6.04. The van der Waals surface area contributed by atoms with E-state index in [1.54, 1.807) is 24.7 Å². The third-order valence-corrected chi connectivity index (χ3v) is 4.04. The van der Waals surface area contributed by atoms with Crippen LogP contribution in [0.3, 0.4) is 0 Å². The second kappa shape index (κ2) is 5.90. The number of hydrogen-bond acceptors (Lipinski definition) is 4. The predicted octanol–water partition coefficient (Wildman–Crippen LogP) is 4.09. The zero-order valence-corrected chi connectivity index (χ0v) is 13.8. The standard InChI is InChI=1S/C19H16N4O2/c1-11-7-12(2)20-16-4-3-14(8-15(11)16)21-19(24)18-9-17(22-23-18)13-5-6-25-10-13/h3-10H,1-2H3,(H,21,24)(H,22,23). The lowest BCUT2D eigenvalue weighted by molar-refractivity contribution is 0.102. The summed E-state index contributed by atoms with van der Waals surface area (Å²) in [6, 6.07) is 11.2. The van der Waals surface area contributed by atoms with Crippen LogP contribution < -0.4 is 5.32 Å². The van der Waals surface area contributed by atoms with Crippen LogP contribution in [0.4, 0.5) is 5.69 Å². The molecule has 0 fully saturated rings. The Balaban J connectivity index is 1.59. The minimum Gasteiger partial charge on any atom is -0.472 e. The second-order valence-electron chi connectivity index (χ2n) is 5.95. The van der Waals surface area contributed by atoms with E-state index >= 15 is 0 Å². The SMILES string of the molecule is Cc1cc(C)c2cc(NC(=O)c3cc(-c4ccoc4)n[nH]3)ccc2n1. The summed E-state index contributed by atoms with van der Waals surface area (Å²) >= 11 is 0. The van der Waals surface area contributed by atoms with Crippen molar-refractivity contribution in [1.29, 1.82) is 0 Å². The Bertz CT molecular complexity index is 1060. The van der Waals surface area contributed by atoms with Crippen LogP contribution in [0.25, 0.3) is 22.2 Å². The number of nitrogens with one attached hydrogen (secondary N) is 2. The topological polar surface area (TPSA) is 83.8 Å². The Kier molecular flexibility index (Phi) is 3.57. The lowest BCUT2D eigenvalue weighted by Gasteiger charge is -2.08. The number of rotatable bonds is 3. The maximum atomic E-state index is 12.5. The van der Waals surface area contributed by atoms with E-state index in [4.69, 9.17) is 4.42 Å². The number of carbonyl (C=O) groups is 1. The summed E-state index contributed by atoms with van der Waals surface area (Å²) in [5, 5.41) is 10.8. The van der Waals surface area contributed by atoms with Crippen LogP contribution in [0.5, 0.6) is 0 Å². The van der Waals surface area contributed by atoms with Crippen LogP contribution in [-0.4, -0.2) is 21.1 Å². The smallest absolute Gasteiger partial charge is 0.273 e. The molecule has 25 heavy (non-hydrogen) atoms. The number of fused-ring (bicyclic) bond motifs is 1. The zero-order chi connectivity index (χ0) is 17.4. The molecule has 0 aliphatic heterocycles. The fourth-order valence-corrected chi connectivity index (χ4v) is 2.84. The van der Waals surface area contributed by atoms with E-state index in [1.807, 2.05) is 38.1 Å². The van der Waals surface area contributed by atoms with Crippen molar-refractivity contribution >= 4 is 22.5 Å². The number of hydrogen-bond donors (Lipinski definition) is 2. The van der Waals surface area contributed by atoms with Crippen molar-refractivity contribution in [2.24, 2.45) is 0 Å². The number of aryl methyl sites for hydroxylation is 2. The van der Waals surface area contributed by atoms with Gasteiger partial charge in [-0.2, -0.15) is 5.10 Å². The van der Waals surface area contributed by atoms with E-state index in [2.05, 4.69) is 20.5 Å². The van der Waals surface area contributed by atoms with Crippen molar-refractivity contribution in [3.05, 3.63) is 65.9 Å². The molecule has 124 valence electrons. The fraction of sp³-hybridized carbons (Fsp3) is 0.105. The number of H-pyrrole nitrogens is 1. The van der Waals surface area contributed by atoms with E-state index in [1.165, 1.54) is 0 Å². The van der Waals surface area contributed by atoms with Gasteiger partial charge in [-0.25, -0.2) is 0 Å². The molecule has 6 nitrogen and oxygen atoms in total. The third kappa shape index (κ3) is 2.89. The Hall–Kier alpha value is -3.41. The van der Waals surface area contributed by atoms with Crippen molar-refractivity contribution in [1.82, 2.24) is 15.2 Å². The molecule has 0 saturated heterocycles. The average Bonchev–Trinajstić information content (AvgIpc) is 3.26. The minimum absolute atomic E-state index is 0.251. The second-order valence-corrected chi connectivity index (χ2v) is 5.95. The van der Waals surface area contributed by atoms with Gasteiger partial charge >= 0.3 is 0 Å². The minimum atomic E-state index is -0.251. The number of pyridine rings is 1. The van der Waals surface area contributed by atoms with Crippen molar-refractivity contribution in [3.8, 4) is 11.3 Å². The van der Waals surface area contributed by atoms with Crippen LogP contribution in [0.1, 0.15) is 21.7 Å². The summed E-state index contributed by atoms with van der Waals surface area (Å²) in [7, 11) is 0. The number of furan rings is 1. The van der Waals surface area contributed by atoms with Gasteiger partial charge in [0.1, 0.15) is 5.69 Å². The molecule has 3 aromatic heterocycles. The summed E-state index contributed by atoms with van der Waals surface area (Å²) in [6.07, 6.45) is 3.15. The highest BCUT2D eigenvalue weighted by atomic mass is 16.3. The van der Waals surface area contributed by atoms with E-state index in [0.717, 1.165) is 27.7 Å². The van der Waals surface area contributed by atoms with Crippen LogP contribution in [-0.2, 0) is 0 Å². The average molecular weight is 332 g/mol. The molecule has 0 atom stereocenters. The van der Waals surface area contributed by atoms with Crippen molar-refractivity contribution in [2.45, 2.75) is 13.8 Å². The molecule has 0 aliphatic carbocycles. The first-order chi connectivity index (χ1) is 12.1. The highest BCUT2D eigenvalue weighted by Crippen LogP contribution is 2.23. The molecular weight excluding hydrogens is 316 g/mol. The van der Waals surface area contributed by atoms with E-state index < -0.39 is 0 Å². The lowest BCUT2D eigenvalue weighted by atomic mass is 10.1. The molecule has 0 aliphatic rings. The number of anilines is 1. The van der Waals surface area contributed by atoms with Crippen LogP contribution in [0, 0.1) is 13.8 Å². The predicted molar refractivity (Wildman–Crippen MR) is 95.5 cm³/mol. The maximum absolute atomic E-state index is 12.5. The van der Waals surface area contributed by atoms with Crippen molar-refractivity contribution in [2.75, 3.05) is 5.32 Å². The molecule has 0 spiro atoms. The Morgan fingerprint density at radius 2 is 2.04 bits per heavy atom. The Morgan fingerprint density at radius 3 is 2.84 bits per heavy atom. The number of benzene rings is 1. The van der Waals surface area contributed by atoms with E-state index in [-0.39, 0.29) is 5.91 Å². The van der Waals surface area contributed by atoms with Crippen LogP contribution >= 0.6 is 0 Å². The van der Waals surface area contributed by atoms with Crippen molar-refractivity contribution in [3.63, 3.8) is 0 Å². The van der Waals surface area contributed by atoms with Gasteiger partial charge in [-0.15, -0.1) is 0 Å². The molecule has 4 rings (SSSR count). The number of aromatic amines is 1.